The van der Waals surface area contributed by atoms with E-state index in [2.05, 4.69) is 4.90 Å². The Morgan fingerprint density at radius 3 is 1.24 bits per heavy atom. The van der Waals surface area contributed by atoms with Crippen molar-refractivity contribution < 1.29 is 9.13 Å². The summed E-state index contributed by atoms with van der Waals surface area (Å²) >= 11 is 19.9. The van der Waals surface area contributed by atoms with Gasteiger partial charge >= 0.3 is 0 Å². The van der Waals surface area contributed by atoms with Crippen LogP contribution in [0.2, 0.25) is 0 Å². The van der Waals surface area contributed by atoms with Crippen molar-refractivity contribution in [2.45, 2.75) is 0 Å². The van der Waals surface area contributed by atoms with E-state index in [9.17, 15) is 9.13 Å². The zero-order valence-corrected chi connectivity index (χ0v) is 21.3. The summed E-state index contributed by atoms with van der Waals surface area (Å²) < 4.78 is 24.4. The van der Waals surface area contributed by atoms with Crippen molar-refractivity contribution in [3.05, 3.63) is 78.9 Å². The monoisotopic (exact) mass is 529 g/mol. The highest BCUT2D eigenvalue weighted by atomic mass is 33.2. The first-order valence-corrected chi connectivity index (χ1v) is 17.9. The van der Waals surface area contributed by atoms with Crippen LogP contribution in [0.4, 0.5) is 17.1 Å². The topological polar surface area (TPSA) is 37.4 Å². The van der Waals surface area contributed by atoms with Crippen molar-refractivity contribution >= 4 is 100.0 Å². The smallest absolute Gasteiger partial charge is 0.198 e. The van der Waals surface area contributed by atoms with E-state index in [0.29, 0.717) is 10.6 Å². The van der Waals surface area contributed by atoms with Crippen molar-refractivity contribution in [2.75, 3.05) is 4.90 Å². The van der Waals surface area contributed by atoms with Gasteiger partial charge in [-0.2, -0.15) is 0 Å². The number of para-hydroxylation sites is 1. The Labute approximate surface area is 191 Å². The molecule has 0 saturated carbocycles. The minimum absolute atomic E-state index is 0.653. The van der Waals surface area contributed by atoms with E-state index in [-0.39, 0.29) is 0 Å². The van der Waals surface area contributed by atoms with E-state index < -0.39 is 27.5 Å². The Morgan fingerprint density at radius 2 is 0.897 bits per heavy atom. The summed E-state index contributed by atoms with van der Waals surface area (Å²) in [4.78, 5) is 2.05. The predicted molar refractivity (Wildman–Crippen MR) is 140 cm³/mol. The molecule has 29 heavy (non-hydrogen) atoms. The Kier molecular flexibility index (Phi) is 8.07. The van der Waals surface area contributed by atoms with Crippen LogP contribution in [-0.4, -0.2) is 0 Å². The second-order valence-electron chi connectivity index (χ2n) is 5.65. The molecular weight excluding hydrogens is 517 g/mol. The second kappa shape index (κ2) is 10.3. The van der Waals surface area contributed by atoms with E-state index in [0.717, 1.165) is 17.1 Å². The molecule has 0 radical (unpaired) electrons. The molecule has 11 heteroatoms. The first-order chi connectivity index (χ1) is 13.9. The van der Waals surface area contributed by atoms with Crippen molar-refractivity contribution in [2.24, 2.45) is 0 Å². The fraction of sp³-hybridized carbons (Fsp3) is 0. The molecule has 2 atom stereocenters. The number of anilines is 3. The number of rotatable bonds is 5. The van der Waals surface area contributed by atoms with Gasteiger partial charge in [-0.3, -0.25) is 9.13 Å². The number of hydrogen-bond acceptors (Lipinski definition) is 7. The molecule has 148 valence electrons. The average Bonchev–Trinajstić information content (AvgIpc) is 2.74. The molecule has 0 saturated heterocycles. The standard InChI is InChI=1S/C18H13NO2P2S6/c20-22(28(24)25)17-10-6-15(7-11-17)19(14-4-2-1-3-5-14)16-8-12-18(13-9-16)23(21)29(26)27/h1-13H. The normalized spacial score (nSPS) is 11.4. The molecule has 0 amide bonds. The van der Waals surface area contributed by atoms with Gasteiger partial charge in [-0.05, 0) is 120 Å². The molecule has 3 nitrogen and oxygen atoms in total. The van der Waals surface area contributed by atoms with Crippen LogP contribution >= 0.6 is 13.2 Å². The Bertz CT molecular complexity index is 1310. The van der Waals surface area contributed by atoms with E-state index in [1.807, 2.05) is 54.6 Å². The summed E-state index contributed by atoms with van der Waals surface area (Å²) in [6.07, 6.45) is 0. The maximum Gasteiger partial charge on any atom is 0.198 e. The van der Waals surface area contributed by atoms with Crippen molar-refractivity contribution in [3.8, 4) is 0 Å². The molecule has 3 rings (SSSR count). The highest BCUT2D eigenvalue weighted by Gasteiger charge is 2.12. The first kappa shape index (κ1) is 22.7. The molecule has 3 aromatic carbocycles. The lowest BCUT2D eigenvalue weighted by atomic mass is 10.2. The Hall–Kier alpha value is -1.02. The molecule has 0 spiro atoms. The lowest BCUT2D eigenvalue weighted by Gasteiger charge is -2.25. The molecule has 0 bridgehead atoms. The van der Waals surface area contributed by atoms with E-state index >= 15 is 0 Å². The zero-order chi connectivity index (χ0) is 21.0. The summed E-state index contributed by atoms with van der Waals surface area (Å²) in [5.74, 6) is 0. The fourth-order valence-electron chi connectivity index (χ4n) is 2.64. The minimum atomic E-state index is -1.76. The molecule has 0 aliphatic carbocycles. The van der Waals surface area contributed by atoms with Crippen LogP contribution in [0.5, 0.6) is 0 Å². The van der Waals surface area contributed by atoms with Crippen LogP contribution in [0.3, 0.4) is 0 Å². The van der Waals surface area contributed by atoms with Gasteiger partial charge in [0.15, 0.2) is 13.2 Å². The lowest BCUT2D eigenvalue weighted by molar-refractivity contribution is 0.601. The highest BCUT2D eigenvalue weighted by molar-refractivity contribution is 8.57. The van der Waals surface area contributed by atoms with Gasteiger partial charge in [0.25, 0.3) is 0 Å². The lowest BCUT2D eigenvalue weighted by Crippen LogP contribution is -2.11. The first-order valence-electron chi connectivity index (χ1n) is 8.07. The third kappa shape index (κ3) is 5.57. The van der Waals surface area contributed by atoms with Gasteiger partial charge in [-0.25, -0.2) is 0 Å². The summed E-state index contributed by atoms with van der Waals surface area (Å²) in [6.45, 7) is -3.51. The zero-order valence-electron chi connectivity index (χ0n) is 14.6. The third-order valence-corrected chi connectivity index (χ3v) is 13.7. The molecule has 2 unspecified atom stereocenters. The molecule has 0 aliphatic rings. The third-order valence-electron chi connectivity index (χ3n) is 3.92. The van der Waals surface area contributed by atoms with Crippen LogP contribution in [-0.2, 0) is 68.3 Å². The van der Waals surface area contributed by atoms with Gasteiger partial charge in [-0.15, -0.1) is 0 Å². The molecule has 0 heterocycles. The van der Waals surface area contributed by atoms with Crippen molar-refractivity contribution in [1.29, 1.82) is 0 Å². The highest BCUT2D eigenvalue weighted by Crippen LogP contribution is 2.34. The second-order valence-corrected chi connectivity index (χ2v) is 21.0. The molecule has 0 aliphatic heterocycles. The Morgan fingerprint density at radius 1 is 0.552 bits per heavy atom. The van der Waals surface area contributed by atoms with Crippen molar-refractivity contribution in [3.63, 3.8) is 0 Å². The van der Waals surface area contributed by atoms with Crippen LogP contribution in [0, 0.1) is 0 Å². The number of hydrogen-bond donors (Lipinski definition) is 0. The number of nitrogens with zero attached hydrogens (tertiary/aromatic N) is 1. The average molecular weight is 530 g/mol. The summed E-state index contributed by atoms with van der Waals surface area (Å²) in [5, 5.41) is 1.31. The maximum atomic E-state index is 12.2. The summed E-state index contributed by atoms with van der Waals surface area (Å²) in [6, 6.07) is 24.6. The SMILES string of the molecule is O=P(c1ccc(N(c2ccccc2)c2ccc(P(=O)=S(=S)=S)cc2)cc1)=S(=S)=S. The quantitative estimate of drug-likeness (QED) is 0.432. The maximum absolute atomic E-state index is 12.2. The van der Waals surface area contributed by atoms with Gasteiger partial charge in [0, 0.05) is 27.7 Å². The Balaban J connectivity index is 2.12. The molecule has 0 fully saturated rings. The van der Waals surface area contributed by atoms with Gasteiger partial charge in [-0.1, -0.05) is 18.2 Å². The molecule has 0 N–H and O–H groups in total. The van der Waals surface area contributed by atoms with Gasteiger partial charge < -0.3 is 4.90 Å². The van der Waals surface area contributed by atoms with E-state index in [1.54, 1.807) is 24.3 Å². The van der Waals surface area contributed by atoms with Crippen LogP contribution in [0.1, 0.15) is 0 Å². The van der Waals surface area contributed by atoms with E-state index in [4.69, 9.17) is 44.8 Å². The fourth-order valence-corrected chi connectivity index (χ4v) is 8.63. The van der Waals surface area contributed by atoms with Gasteiger partial charge in [0.2, 0.25) is 0 Å². The predicted octanol–water partition coefficient (Wildman–Crippen LogP) is 4.98. The molecule has 0 aromatic heterocycles. The van der Waals surface area contributed by atoms with Gasteiger partial charge in [0.1, 0.15) is 0 Å². The van der Waals surface area contributed by atoms with Crippen LogP contribution in [0.15, 0.2) is 78.9 Å². The molecule has 3 aromatic rings. The van der Waals surface area contributed by atoms with Crippen LogP contribution < -0.4 is 15.5 Å². The number of benzene rings is 3. The van der Waals surface area contributed by atoms with Crippen LogP contribution in [0.25, 0.3) is 0 Å². The van der Waals surface area contributed by atoms with Gasteiger partial charge in [0.05, 0.1) is 0 Å². The minimum Gasteiger partial charge on any atom is -0.311 e. The molecular formula is C18H13NO2P2S6. The largest absolute Gasteiger partial charge is 0.311 e. The van der Waals surface area contributed by atoms with E-state index in [1.165, 1.54) is 0 Å². The summed E-state index contributed by atoms with van der Waals surface area (Å²) in [5.41, 5.74) is 2.74. The summed E-state index contributed by atoms with van der Waals surface area (Å²) in [7, 11) is -1.99. The van der Waals surface area contributed by atoms with Crippen molar-refractivity contribution in [1.82, 2.24) is 0 Å².